The molecule has 7 nitrogen and oxygen atoms in total. The molecule has 0 radical (unpaired) electrons. The van der Waals surface area contributed by atoms with Crippen LogP contribution in [0.4, 0.5) is 0 Å². The molecule has 2 aromatic carbocycles. The molecule has 0 aromatic heterocycles. The number of benzene rings is 2. The van der Waals surface area contributed by atoms with Gasteiger partial charge < -0.3 is 14.7 Å². The van der Waals surface area contributed by atoms with Crippen molar-refractivity contribution in [3.05, 3.63) is 59.7 Å². The second-order valence-corrected chi connectivity index (χ2v) is 11.7. The molecule has 0 fully saturated rings. The average molecular weight is 513 g/mol. The summed E-state index contributed by atoms with van der Waals surface area (Å²) in [6.45, 7) is 7.85. The van der Waals surface area contributed by atoms with E-state index >= 15 is 0 Å². The molecule has 0 unspecified atom stereocenters. The lowest BCUT2D eigenvalue weighted by Gasteiger charge is -2.37. The van der Waals surface area contributed by atoms with Crippen LogP contribution in [0.15, 0.2) is 53.4 Å². The highest BCUT2D eigenvalue weighted by atomic mass is 32.2. The number of hydrogen-bond acceptors (Lipinski definition) is 5. The van der Waals surface area contributed by atoms with Gasteiger partial charge in [0.25, 0.3) is 5.91 Å². The highest BCUT2D eigenvalue weighted by Gasteiger charge is 2.38. The van der Waals surface area contributed by atoms with Crippen molar-refractivity contribution in [1.29, 1.82) is 0 Å². The van der Waals surface area contributed by atoms with Crippen LogP contribution in [-0.2, 0) is 10.0 Å². The van der Waals surface area contributed by atoms with E-state index < -0.39 is 22.2 Å². The summed E-state index contributed by atoms with van der Waals surface area (Å²) in [5.74, 6) is 6.45. The van der Waals surface area contributed by atoms with Crippen molar-refractivity contribution in [2.24, 2.45) is 11.8 Å². The van der Waals surface area contributed by atoms with Gasteiger partial charge >= 0.3 is 0 Å². The summed E-state index contributed by atoms with van der Waals surface area (Å²) in [7, 11) is -2.22. The van der Waals surface area contributed by atoms with Crippen LogP contribution in [0.25, 0.3) is 0 Å². The zero-order valence-electron chi connectivity index (χ0n) is 21.6. The second-order valence-electron chi connectivity index (χ2n) is 9.85. The lowest BCUT2D eigenvalue weighted by atomic mass is 10.0. The number of aliphatic hydroxyl groups excluding tert-OH is 1. The number of nitrogens with zero attached hydrogens (tertiary/aromatic N) is 2. The van der Waals surface area contributed by atoms with Gasteiger partial charge in [-0.3, -0.25) is 4.79 Å². The molecule has 1 aliphatic heterocycles. The summed E-state index contributed by atoms with van der Waals surface area (Å²) in [5, 5.41) is 9.80. The Morgan fingerprint density at radius 1 is 1.19 bits per heavy atom. The van der Waals surface area contributed by atoms with Crippen molar-refractivity contribution in [1.82, 2.24) is 9.21 Å². The predicted molar refractivity (Wildman–Crippen MR) is 140 cm³/mol. The molecular weight excluding hydrogens is 476 g/mol. The van der Waals surface area contributed by atoms with Crippen LogP contribution in [0, 0.1) is 23.7 Å². The fraction of sp³-hybridized carbons (Fsp3) is 0.464. The molecule has 3 atom stereocenters. The number of hydrogen-bond donors (Lipinski definition) is 1. The summed E-state index contributed by atoms with van der Waals surface area (Å²) >= 11 is 0. The molecule has 0 saturated heterocycles. The van der Waals surface area contributed by atoms with Crippen molar-refractivity contribution in [2.75, 3.05) is 26.7 Å². The molecule has 1 amide bonds. The SMILES string of the molecule is CC(C)CC#Cc1ccc2c(c1)O[C@@H](CN(C)C(=O)c1ccccc1)[C@H](C)CN([C@@H](C)CO)S2(=O)=O. The van der Waals surface area contributed by atoms with E-state index in [0.29, 0.717) is 17.0 Å². The minimum atomic E-state index is -3.93. The van der Waals surface area contributed by atoms with E-state index in [-0.39, 0.29) is 42.2 Å². The van der Waals surface area contributed by atoms with Crippen molar-refractivity contribution < 1.29 is 23.1 Å². The van der Waals surface area contributed by atoms with E-state index in [1.807, 2.05) is 25.1 Å². The monoisotopic (exact) mass is 512 g/mol. The van der Waals surface area contributed by atoms with Crippen molar-refractivity contribution in [3.8, 4) is 17.6 Å². The predicted octanol–water partition coefficient (Wildman–Crippen LogP) is 3.63. The molecule has 194 valence electrons. The van der Waals surface area contributed by atoms with E-state index in [0.717, 1.165) is 6.42 Å². The number of sulfonamides is 1. The molecule has 2 aromatic rings. The fourth-order valence-corrected chi connectivity index (χ4v) is 5.86. The first-order chi connectivity index (χ1) is 17.0. The number of carbonyl (C=O) groups excluding carboxylic acids is 1. The zero-order valence-corrected chi connectivity index (χ0v) is 22.5. The van der Waals surface area contributed by atoms with Crippen LogP contribution < -0.4 is 4.74 Å². The standard InChI is InChI=1S/C28H36N2O5S/c1-20(2)10-9-11-23-14-15-27-25(16-23)35-26(18-29(5)28(32)24-12-7-6-8-13-24)21(3)17-30(22(4)19-31)36(27,33)34/h6-8,12-16,20-22,26,31H,10,17-19H2,1-5H3/t21-,22+,26+/m1/s1. The van der Waals surface area contributed by atoms with E-state index in [4.69, 9.17) is 4.74 Å². The number of ether oxygens (including phenoxy) is 1. The third kappa shape index (κ3) is 6.47. The Balaban J connectivity index is 2.00. The molecule has 0 aliphatic carbocycles. The Morgan fingerprint density at radius 2 is 1.89 bits per heavy atom. The lowest BCUT2D eigenvalue weighted by molar-refractivity contribution is 0.0563. The first kappa shape index (κ1) is 27.7. The van der Waals surface area contributed by atoms with Gasteiger partial charge in [-0.05, 0) is 43.2 Å². The minimum absolute atomic E-state index is 0.0335. The average Bonchev–Trinajstić information content (AvgIpc) is 2.85. The molecule has 1 heterocycles. The smallest absolute Gasteiger partial charge is 0.253 e. The van der Waals surface area contributed by atoms with Gasteiger partial charge in [0.05, 0.1) is 13.2 Å². The molecule has 0 saturated carbocycles. The van der Waals surface area contributed by atoms with Crippen molar-refractivity contribution in [2.45, 2.75) is 51.2 Å². The van der Waals surface area contributed by atoms with Crippen LogP contribution in [0.3, 0.4) is 0 Å². The minimum Gasteiger partial charge on any atom is -0.487 e. The van der Waals surface area contributed by atoms with Gasteiger partial charge in [0, 0.05) is 43.1 Å². The van der Waals surface area contributed by atoms with E-state index in [1.165, 1.54) is 10.4 Å². The first-order valence-corrected chi connectivity index (χ1v) is 13.7. The normalized spacial score (nSPS) is 20.2. The molecule has 0 bridgehead atoms. The maximum absolute atomic E-state index is 13.6. The number of carbonyl (C=O) groups is 1. The summed E-state index contributed by atoms with van der Waals surface area (Å²) < 4.78 is 34.9. The van der Waals surface area contributed by atoms with Crippen LogP contribution in [0.1, 0.15) is 50.0 Å². The number of amides is 1. The van der Waals surface area contributed by atoms with E-state index in [9.17, 15) is 18.3 Å². The molecule has 1 aliphatic rings. The largest absolute Gasteiger partial charge is 0.487 e. The first-order valence-electron chi connectivity index (χ1n) is 12.3. The molecular formula is C28H36N2O5S. The van der Waals surface area contributed by atoms with Crippen LogP contribution >= 0.6 is 0 Å². The molecule has 8 heteroatoms. The topological polar surface area (TPSA) is 87.2 Å². The summed E-state index contributed by atoms with van der Waals surface area (Å²) in [6, 6.07) is 13.2. The third-order valence-electron chi connectivity index (χ3n) is 6.23. The van der Waals surface area contributed by atoms with Crippen molar-refractivity contribution >= 4 is 15.9 Å². The lowest BCUT2D eigenvalue weighted by Crippen LogP contribution is -2.50. The van der Waals surface area contributed by atoms with Gasteiger partial charge in [0.2, 0.25) is 10.0 Å². The number of rotatable bonds is 6. The highest BCUT2D eigenvalue weighted by molar-refractivity contribution is 7.89. The summed E-state index contributed by atoms with van der Waals surface area (Å²) in [5.41, 5.74) is 1.23. The third-order valence-corrected chi connectivity index (χ3v) is 8.25. The Bertz CT molecular complexity index is 1220. The quantitative estimate of drug-likeness (QED) is 0.598. The van der Waals surface area contributed by atoms with Crippen molar-refractivity contribution in [3.63, 3.8) is 0 Å². The number of likely N-dealkylation sites (N-methyl/N-ethyl adjacent to an activating group) is 1. The molecule has 36 heavy (non-hydrogen) atoms. The van der Waals surface area contributed by atoms with Crippen LogP contribution in [0.5, 0.6) is 5.75 Å². The van der Waals surface area contributed by atoms with Gasteiger partial charge in [0.1, 0.15) is 16.7 Å². The van der Waals surface area contributed by atoms with Gasteiger partial charge in [0.15, 0.2) is 0 Å². The van der Waals surface area contributed by atoms with Gasteiger partial charge in [-0.25, -0.2) is 8.42 Å². The van der Waals surface area contributed by atoms with Crippen LogP contribution in [0.2, 0.25) is 0 Å². The Kier molecular flexibility index (Phi) is 9.18. The molecule has 0 spiro atoms. The van der Waals surface area contributed by atoms with Gasteiger partial charge in [-0.15, -0.1) is 0 Å². The van der Waals surface area contributed by atoms with E-state index in [2.05, 4.69) is 25.7 Å². The Hall–Kier alpha value is -2.86. The number of aliphatic hydroxyl groups is 1. The fourth-order valence-electron chi connectivity index (χ4n) is 4.03. The van der Waals surface area contributed by atoms with Crippen LogP contribution in [-0.4, -0.2) is 67.5 Å². The summed E-state index contributed by atoms with van der Waals surface area (Å²) in [6.07, 6.45) is 0.244. The van der Waals surface area contributed by atoms with Gasteiger partial charge in [-0.1, -0.05) is 50.8 Å². The maximum atomic E-state index is 13.6. The highest BCUT2D eigenvalue weighted by Crippen LogP contribution is 2.34. The Morgan fingerprint density at radius 3 is 2.53 bits per heavy atom. The van der Waals surface area contributed by atoms with E-state index in [1.54, 1.807) is 43.1 Å². The number of fused-ring (bicyclic) bond motifs is 1. The van der Waals surface area contributed by atoms with Gasteiger partial charge in [-0.2, -0.15) is 4.31 Å². The zero-order chi connectivity index (χ0) is 26.5. The molecule has 1 N–H and O–H groups in total. The second kappa shape index (κ2) is 11.9. The molecule has 3 rings (SSSR count). The summed E-state index contributed by atoms with van der Waals surface area (Å²) in [4.78, 5) is 14.6. The Labute approximate surface area is 215 Å². The maximum Gasteiger partial charge on any atom is 0.253 e.